The lowest BCUT2D eigenvalue weighted by molar-refractivity contribution is -0.142. The highest BCUT2D eigenvalue weighted by Crippen LogP contribution is 2.59. The van der Waals surface area contributed by atoms with Gasteiger partial charge in [0.15, 0.2) is 0 Å². The average molecular weight is 510 g/mol. The zero-order valence-corrected chi connectivity index (χ0v) is 21.3. The molecule has 0 saturated heterocycles. The summed E-state index contributed by atoms with van der Waals surface area (Å²) in [5, 5.41) is 1.16. The lowest BCUT2D eigenvalue weighted by atomic mass is 9.85. The van der Waals surface area contributed by atoms with Crippen molar-refractivity contribution >= 4 is 24.2 Å². The molecule has 1 aromatic heterocycles. The summed E-state index contributed by atoms with van der Waals surface area (Å²) < 4.78 is 81.9. The Morgan fingerprint density at radius 2 is 1.31 bits per heavy atom. The van der Waals surface area contributed by atoms with E-state index in [1.165, 1.54) is 0 Å². The van der Waals surface area contributed by atoms with E-state index in [0.29, 0.717) is 0 Å². The number of hydrogen-bond donors (Lipinski definition) is 0. The zero-order valence-electron chi connectivity index (χ0n) is 20.3. The Morgan fingerprint density at radius 1 is 0.743 bits per heavy atom. The van der Waals surface area contributed by atoms with Crippen LogP contribution < -0.4 is 5.19 Å². The number of halogens is 6. The van der Waals surface area contributed by atoms with E-state index in [-0.39, 0.29) is 40.5 Å². The standard InChI is InChI=1S/C27H29F6NSi/c1-15-16(2)23(22-10-6-8-18-9-7-11-34-24(18)22)25(17(15)3)35(4,5)21-13-19(26(28,29)30)12-20(14-21)27(31,32)33/h6-17,23,25H,1-5H3. The van der Waals surface area contributed by atoms with Crippen molar-refractivity contribution in [2.75, 3.05) is 0 Å². The Hall–Kier alpha value is -2.35. The molecule has 0 spiro atoms. The SMILES string of the molecule is CC1C(C)C(c2cccc3cccnc23)C([Si](C)(C)c2cc(C(F)(F)F)cc(C(F)(F)F)c2)C1C. The minimum absolute atomic E-state index is 0.0239. The number of nitrogens with zero attached hydrogens (tertiary/aromatic N) is 1. The maximum absolute atomic E-state index is 13.7. The first-order chi connectivity index (χ1) is 16.1. The Morgan fingerprint density at radius 3 is 1.89 bits per heavy atom. The van der Waals surface area contributed by atoms with Crippen molar-refractivity contribution in [3.05, 3.63) is 71.4 Å². The fourth-order valence-corrected chi connectivity index (χ4v) is 10.7. The van der Waals surface area contributed by atoms with Crippen LogP contribution in [0.3, 0.4) is 0 Å². The van der Waals surface area contributed by atoms with Crippen LogP contribution in [0.1, 0.15) is 43.4 Å². The first-order valence-electron chi connectivity index (χ1n) is 11.8. The Balaban J connectivity index is 1.92. The molecule has 1 aliphatic rings. The second-order valence-corrected chi connectivity index (χ2v) is 15.3. The molecule has 5 unspecified atom stereocenters. The number of hydrogen-bond acceptors (Lipinski definition) is 1. The molecule has 1 fully saturated rings. The smallest absolute Gasteiger partial charge is 0.256 e. The van der Waals surface area contributed by atoms with Gasteiger partial charge in [-0.15, -0.1) is 0 Å². The molecule has 188 valence electrons. The third kappa shape index (κ3) is 4.50. The lowest BCUT2D eigenvalue weighted by Crippen LogP contribution is -2.49. The number of rotatable bonds is 3. The first-order valence-corrected chi connectivity index (χ1v) is 14.9. The van der Waals surface area contributed by atoms with Crippen molar-refractivity contribution in [1.82, 2.24) is 4.98 Å². The van der Waals surface area contributed by atoms with E-state index in [1.807, 2.05) is 43.4 Å². The number of alkyl halides is 6. The summed E-state index contributed by atoms with van der Waals surface area (Å²) in [5.74, 6) is 0.551. The quantitative estimate of drug-likeness (QED) is 0.256. The molecule has 0 aliphatic heterocycles. The van der Waals surface area contributed by atoms with Crippen LogP contribution in [0.25, 0.3) is 10.9 Å². The van der Waals surface area contributed by atoms with Crippen LogP contribution >= 0.6 is 0 Å². The highest BCUT2D eigenvalue weighted by atomic mass is 28.3. The molecule has 1 nitrogen and oxygen atoms in total. The number of fused-ring (bicyclic) bond motifs is 1. The predicted octanol–water partition coefficient (Wildman–Crippen LogP) is 8.26. The predicted molar refractivity (Wildman–Crippen MR) is 129 cm³/mol. The van der Waals surface area contributed by atoms with Gasteiger partial charge in [0, 0.05) is 11.6 Å². The van der Waals surface area contributed by atoms with Gasteiger partial charge in [-0.25, -0.2) is 0 Å². The van der Waals surface area contributed by atoms with Gasteiger partial charge < -0.3 is 0 Å². The van der Waals surface area contributed by atoms with Gasteiger partial charge in [-0.05, 0) is 46.9 Å². The Labute approximate surface area is 202 Å². The van der Waals surface area contributed by atoms with Crippen LogP contribution in [0.15, 0.2) is 54.7 Å². The normalized spacial score (nSPS) is 25.9. The van der Waals surface area contributed by atoms with Gasteiger partial charge >= 0.3 is 12.4 Å². The molecule has 1 aliphatic carbocycles. The fraction of sp³-hybridized carbons (Fsp3) is 0.444. The van der Waals surface area contributed by atoms with E-state index < -0.39 is 31.6 Å². The molecule has 3 aromatic rings. The second-order valence-electron chi connectivity index (χ2n) is 10.6. The van der Waals surface area contributed by atoms with Gasteiger partial charge in [-0.3, -0.25) is 4.98 Å². The highest BCUT2D eigenvalue weighted by molar-refractivity contribution is 6.91. The van der Waals surface area contributed by atoms with Gasteiger partial charge in [-0.1, -0.05) is 75.5 Å². The van der Waals surface area contributed by atoms with Crippen LogP contribution in [0.4, 0.5) is 26.3 Å². The van der Waals surface area contributed by atoms with Gasteiger partial charge in [-0.2, -0.15) is 26.3 Å². The van der Waals surface area contributed by atoms with Crippen molar-refractivity contribution in [3.63, 3.8) is 0 Å². The molecule has 0 N–H and O–H groups in total. The summed E-state index contributed by atoms with van der Waals surface area (Å²) in [7, 11) is -2.87. The number of benzene rings is 2. The molecule has 0 bridgehead atoms. The van der Waals surface area contributed by atoms with E-state index in [9.17, 15) is 26.3 Å². The molecular weight excluding hydrogens is 480 g/mol. The molecule has 5 atom stereocenters. The molecule has 2 aromatic carbocycles. The van der Waals surface area contributed by atoms with Gasteiger partial charge in [0.1, 0.15) is 0 Å². The van der Waals surface area contributed by atoms with Gasteiger partial charge in [0.2, 0.25) is 0 Å². The molecule has 1 saturated carbocycles. The minimum atomic E-state index is -4.86. The maximum atomic E-state index is 13.7. The summed E-state index contributed by atoms with van der Waals surface area (Å²) >= 11 is 0. The molecule has 0 radical (unpaired) electrons. The van der Waals surface area contributed by atoms with Crippen molar-refractivity contribution in [3.8, 4) is 0 Å². The monoisotopic (exact) mass is 509 g/mol. The topological polar surface area (TPSA) is 12.9 Å². The van der Waals surface area contributed by atoms with E-state index in [1.54, 1.807) is 6.20 Å². The molecule has 0 amide bonds. The van der Waals surface area contributed by atoms with Crippen molar-refractivity contribution < 1.29 is 26.3 Å². The number of para-hydroxylation sites is 1. The van der Waals surface area contributed by atoms with Crippen molar-refractivity contribution in [2.45, 2.75) is 57.7 Å². The van der Waals surface area contributed by atoms with Crippen LogP contribution in [0, 0.1) is 17.8 Å². The average Bonchev–Trinajstić information content (AvgIpc) is 3.01. The Kier molecular flexibility index (Phi) is 6.35. The van der Waals surface area contributed by atoms with Crippen LogP contribution in [-0.4, -0.2) is 13.1 Å². The lowest BCUT2D eigenvalue weighted by Gasteiger charge is -2.39. The third-order valence-electron chi connectivity index (χ3n) is 8.37. The summed E-state index contributed by atoms with van der Waals surface area (Å²) in [4.78, 5) is 4.61. The van der Waals surface area contributed by atoms with Gasteiger partial charge in [0.05, 0.1) is 24.7 Å². The molecular formula is C27H29F6NSi. The summed E-state index contributed by atoms with van der Waals surface area (Å²) in [6, 6.07) is 11.9. The maximum Gasteiger partial charge on any atom is 0.416 e. The van der Waals surface area contributed by atoms with Crippen LogP contribution in [0.5, 0.6) is 0 Å². The molecule has 1 heterocycles. The number of aromatic nitrogens is 1. The van der Waals surface area contributed by atoms with E-state index in [4.69, 9.17) is 0 Å². The Bertz CT molecular complexity index is 1190. The third-order valence-corrected chi connectivity index (χ3v) is 12.7. The number of pyridine rings is 1. The summed E-state index contributed by atoms with van der Waals surface area (Å²) in [6.07, 6.45) is -8.00. The molecule has 8 heteroatoms. The fourth-order valence-electron chi connectivity index (χ4n) is 6.29. The first kappa shape index (κ1) is 25.7. The van der Waals surface area contributed by atoms with Crippen LogP contribution in [0.2, 0.25) is 18.6 Å². The molecule has 4 rings (SSSR count). The van der Waals surface area contributed by atoms with E-state index in [0.717, 1.165) is 28.6 Å². The summed E-state index contributed by atoms with van der Waals surface area (Å²) in [6.45, 7) is 10.2. The molecule has 35 heavy (non-hydrogen) atoms. The van der Waals surface area contributed by atoms with E-state index >= 15 is 0 Å². The van der Waals surface area contributed by atoms with Crippen LogP contribution in [-0.2, 0) is 12.4 Å². The summed E-state index contributed by atoms with van der Waals surface area (Å²) in [5.41, 5.74) is -0.663. The van der Waals surface area contributed by atoms with Crippen molar-refractivity contribution in [2.24, 2.45) is 17.8 Å². The minimum Gasteiger partial charge on any atom is -0.256 e. The van der Waals surface area contributed by atoms with Crippen molar-refractivity contribution in [1.29, 1.82) is 0 Å². The largest absolute Gasteiger partial charge is 0.416 e. The van der Waals surface area contributed by atoms with Gasteiger partial charge in [0.25, 0.3) is 0 Å². The zero-order chi connectivity index (χ0) is 25.9. The second kappa shape index (κ2) is 8.64. The van der Waals surface area contributed by atoms with E-state index in [2.05, 4.69) is 25.8 Å². The highest BCUT2D eigenvalue weighted by Gasteiger charge is 2.53.